The lowest BCUT2D eigenvalue weighted by Crippen LogP contribution is -2.58. The Hall–Kier alpha value is 0.355. The third-order valence-electron chi connectivity index (χ3n) is 3.39. The molecule has 0 N–H and O–H groups in total. The maximum atomic E-state index is 11.4. The van der Waals surface area contributed by atoms with Crippen LogP contribution in [0.2, 0.25) is 5.11 Å². The van der Waals surface area contributed by atoms with Crippen LogP contribution in [-0.4, -0.2) is 41.2 Å². The Balaban J connectivity index is 2.70. The molecule has 1 saturated carbocycles. The third-order valence-corrected chi connectivity index (χ3v) is 3.82. The highest BCUT2D eigenvalue weighted by Crippen LogP contribution is 2.52. The van der Waals surface area contributed by atoms with E-state index >= 15 is 0 Å². The van der Waals surface area contributed by atoms with E-state index in [0.717, 1.165) is 12.8 Å². The van der Waals surface area contributed by atoms with Gasteiger partial charge in [-0.3, -0.25) is 4.79 Å². The normalized spacial score (nSPS) is 29.9. The highest BCUT2D eigenvalue weighted by Gasteiger charge is 2.55. The molecular weight excluding hydrogens is 315 g/mol. The monoisotopic (exact) mass is 334 g/mol. The fourth-order valence-corrected chi connectivity index (χ4v) is 2.66. The summed E-state index contributed by atoms with van der Waals surface area (Å²) in [5, 5.41) is 0.0549. The van der Waals surface area contributed by atoms with Crippen LogP contribution in [0.25, 0.3) is 0 Å². The van der Waals surface area contributed by atoms with E-state index in [1.807, 2.05) is 13.8 Å². The Morgan fingerprint density at radius 3 is 2.25 bits per heavy atom. The van der Waals surface area contributed by atoms with Crippen LogP contribution in [0, 0.1) is 5.92 Å². The number of carbonyl (C=O) groups is 1. The van der Waals surface area contributed by atoms with Gasteiger partial charge in [-0.1, -0.05) is 5.11 Å². The molecule has 1 aliphatic rings. The maximum absolute atomic E-state index is 11.4. The number of ether oxygens (including phenoxy) is 1. The van der Waals surface area contributed by atoms with Crippen molar-refractivity contribution in [1.29, 1.82) is 0 Å². The number of carbonyl (C=O) groups excluding carboxylic acids is 1. The molecule has 0 atom stereocenters. The predicted molar refractivity (Wildman–Crippen MR) is 80.1 cm³/mol. The summed E-state index contributed by atoms with van der Waals surface area (Å²) in [7, 11) is 6.50. The molecule has 0 aromatic rings. The van der Waals surface area contributed by atoms with E-state index < -0.39 is 0 Å². The molecule has 0 aliphatic heterocycles. The van der Waals surface area contributed by atoms with Crippen LogP contribution < -0.4 is 0 Å². The van der Waals surface area contributed by atoms with Crippen molar-refractivity contribution in [2.75, 3.05) is 0 Å². The minimum Gasteiger partial charge on any atom is -0.394 e. The van der Waals surface area contributed by atoms with E-state index in [2.05, 4.69) is 23.5 Å². The second kappa shape index (κ2) is 4.92. The first-order valence-corrected chi connectivity index (χ1v) is 6.60. The van der Waals surface area contributed by atoms with Crippen molar-refractivity contribution in [3.63, 3.8) is 0 Å². The van der Waals surface area contributed by atoms with Gasteiger partial charge in [0, 0.05) is 0 Å². The molecule has 16 heavy (non-hydrogen) atoms. The van der Waals surface area contributed by atoms with Crippen molar-refractivity contribution in [2.24, 2.45) is 5.92 Å². The zero-order valence-corrected chi connectivity index (χ0v) is 12.8. The van der Waals surface area contributed by atoms with Gasteiger partial charge in [-0.15, -0.1) is 0 Å². The summed E-state index contributed by atoms with van der Waals surface area (Å²) in [5.41, 5.74) is -0.170. The van der Waals surface area contributed by atoms with Crippen LogP contribution in [0.5, 0.6) is 0 Å². The van der Waals surface area contributed by atoms with E-state index in [4.69, 9.17) is 7.80 Å². The second-order valence-electron chi connectivity index (χ2n) is 5.91. The Morgan fingerprint density at radius 2 is 1.94 bits per heavy atom. The van der Waals surface area contributed by atoms with Gasteiger partial charge in [0.05, 0.1) is 41.2 Å². The molecule has 0 bridgehead atoms. The summed E-state index contributed by atoms with van der Waals surface area (Å²) < 4.78 is 10.8. The molecule has 0 unspecified atom stereocenters. The average Bonchev–Trinajstić information content (AvgIpc) is 2.06. The lowest BCUT2D eigenvalue weighted by atomic mass is 9.32. The lowest BCUT2D eigenvalue weighted by Gasteiger charge is -2.55. The third kappa shape index (κ3) is 2.78. The van der Waals surface area contributed by atoms with Gasteiger partial charge >= 0.3 is 5.97 Å². The summed E-state index contributed by atoms with van der Waals surface area (Å²) in [6, 6.07) is 0. The predicted octanol–water partition coefficient (Wildman–Crippen LogP) is -0.574. The van der Waals surface area contributed by atoms with E-state index in [-0.39, 0.29) is 28.7 Å². The zero-order valence-electron chi connectivity index (χ0n) is 10.7. The van der Waals surface area contributed by atoms with Gasteiger partial charge in [-0.2, -0.15) is 0 Å². The van der Waals surface area contributed by atoms with Crippen LogP contribution in [0.15, 0.2) is 0 Å². The standard InChI is InChI=1S/C9H18B3IO3/c1-5(2)15-8(9(10,11)12)3-6(4-8)7(14)16-13/h5-6H,3-4,10-12H2,1-2H3. The summed E-state index contributed by atoms with van der Waals surface area (Å²) in [6.07, 6.45) is 1.74. The topological polar surface area (TPSA) is 35.5 Å². The van der Waals surface area contributed by atoms with Crippen LogP contribution in [0.4, 0.5) is 0 Å². The highest BCUT2D eigenvalue weighted by molar-refractivity contribution is 14.1. The molecule has 0 spiro atoms. The molecule has 0 aromatic heterocycles. The number of hydrogen-bond acceptors (Lipinski definition) is 3. The second-order valence-corrected chi connectivity index (χ2v) is 6.35. The van der Waals surface area contributed by atoms with Crippen molar-refractivity contribution in [2.45, 2.75) is 43.5 Å². The smallest absolute Gasteiger partial charge is 0.318 e. The number of rotatable bonds is 4. The van der Waals surface area contributed by atoms with E-state index in [0.29, 0.717) is 0 Å². The van der Waals surface area contributed by atoms with Gasteiger partial charge < -0.3 is 7.80 Å². The molecule has 1 fully saturated rings. The van der Waals surface area contributed by atoms with Gasteiger partial charge in [0.2, 0.25) is 0 Å². The molecule has 1 aliphatic carbocycles. The molecule has 0 aromatic carbocycles. The molecule has 0 saturated heterocycles. The minimum atomic E-state index is -0.170. The van der Waals surface area contributed by atoms with Crippen molar-refractivity contribution in [3.8, 4) is 0 Å². The molecule has 7 heteroatoms. The summed E-state index contributed by atoms with van der Waals surface area (Å²) in [5.74, 6) is -0.109. The van der Waals surface area contributed by atoms with Crippen LogP contribution in [0.3, 0.4) is 0 Å². The Bertz CT molecular complexity index is 272. The molecule has 0 amide bonds. The van der Waals surface area contributed by atoms with Gasteiger partial charge in [0.25, 0.3) is 0 Å². The van der Waals surface area contributed by atoms with Crippen LogP contribution >= 0.6 is 23.0 Å². The fraction of sp³-hybridized carbons (Fsp3) is 0.889. The minimum absolute atomic E-state index is 0.00914. The fourth-order valence-electron chi connectivity index (χ4n) is 2.30. The summed E-state index contributed by atoms with van der Waals surface area (Å²) >= 11 is 1.65. The first kappa shape index (κ1) is 14.4. The van der Waals surface area contributed by atoms with Gasteiger partial charge in [0.1, 0.15) is 0 Å². The molecule has 88 valence electrons. The van der Waals surface area contributed by atoms with Gasteiger partial charge in [-0.25, -0.2) is 0 Å². The maximum Gasteiger partial charge on any atom is 0.318 e. The first-order chi connectivity index (χ1) is 7.22. The Morgan fingerprint density at radius 1 is 1.44 bits per heavy atom. The van der Waals surface area contributed by atoms with Crippen molar-refractivity contribution in [3.05, 3.63) is 0 Å². The van der Waals surface area contributed by atoms with Gasteiger partial charge in [-0.05, 0) is 26.7 Å². The summed E-state index contributed by atoms with van der Waals surface area (Å²) in [4.78, 5) is 11.4. The first-order valence-electron chi connectivity index (χ1n) is 5.72. The molecule has 0 heterocycles. The molecule has 3 nitrogen and oxygen atoms in total. The Labute approximate surface area is 114 Å². The Kier molecular flexibility index (Phi) is 4.43. The molecular formula is C9H18B3IO3. The van der Waals surface area contributed by atoms with Crippen molar-refractivity contribution in [1.82, 2.24) is 0 Å². The van der Waals surface area contributed by atoms with Crippen molar-refractivity contribution >= 4 is 52.5 Å². The quantitative estimate of drug-likeness (QED) is 0.510. The van der Waals surface area contributed by atoms with E-state index in [1.54, 1.807) is 23.0 Å². The number of halogens is 1. The molecule has 1 rings (SSSR count). The largest absolute Gasteiger partial charge is 0.394 e. The van der Waals surface area contributed by atoms with Crippen LogP contribution in [0.1, 0.15) is 26.7 Å². The van der Waals surface area contributed by atoms with E-state index in [9.17, 15) is 4.79 Å². The van der Waals surface area contributed by atoms with Gasteiger partial charge in [0.15, 0.2) is 23.0 Å². The lowest BCUT2D eigenvalue weighted by molar-refractivity contribution is -0.173. The van der Waals surface area contributed by atoms with E-state index in [1.165, 1.54) is 0 Å². The number of hydrogen-bond donors (Lipinski definition) is 0. The summed E-state index contributed by atoms with van der Waals surface area (Å²) in [6.45, 7) is 4.08. The van der Waals surface area contributed by atoms with Crippen molar-refractivity contribution < 1.29 is 12.6 Å². The SMILES string of the molecule is BC(B)(B)C1(OC(C)C)CC(C(=O)OI)C1. The highest BCUT2D eigenvalue weighted by atomic mass is 127. The zero-order chi connectivity index (χ0) is 12.6. The molecule has 0 radical (unpaired) electrons. The van der Waals surface area contributed by atoms with Crippen LogP contribution in [-0.2, 0) is 12.6 Å². The average molecular weight is 334 g/mol.